The number of hydrogen-bond acceptors (Lipinski definition) is 3. The van der Waals surface area contributed by atoms with Crippen molar-refractivity contribution < 1.29 is 9.53 Å². The summed E-state index contributed by atoms with van der Waals surface area (Å²) in [5.74, 6) is 3.31. The van der Waals surface area contributed by atoms with Crippen molar-refractivity contribution in [2.24, 2.45) is 23.7 Å². The summed E-state index contributed by atoms with van der Waals surface area (Å²) in [4.78, 5) is 13.9. The van der Waals surface area contributed by atoms with Crippen LogP contribution in [0, 0.1) is 23.7 Å². The van der Waals surface area contributed by atoms with Gasteiger partial charge in [0.1, 0.15) is 5.60 Å². The number of hydrogen-bond donors (Lipinski definition) is 1. The van der Waals surface area contributed by atoms with E-state index in [1.165, 1.54) is 25.9 Å². The van der Waals surface area contributed by atoms with Gasteiger partial charge in [-0.3, -0.25) is 0 Å². The van der Waals surface area contributed by atoms with Gasteiger partial charge in [0.25, 0.3) is 0 Å². The topological polar surface area (TPSA) is 41.6 Å². The first-order chi connectivity index (χ1) is 8.96. The maximum atomic E-state index is 12.0. The van der Waals surface area contributed by atoms with Crippen molar-refractivity contribution in [2.75, 3.05) is 26.2 Å². The van der Waals surface area contributed by atoms with E-state index >= 15 is 0 Å². The largest absolute Gasteiger partial charge is 0.444 e. The zero-order valence-electron chi connectivity index (χ0n) is 12.3. The van der Waals surface area contributed by atoms with Crippen LogP contribution in [0.25, 0.3) is 0 Å². The van der Waals surface area contributed by atoms with E-state index in [1.807, 2.05) is 25.7 Å². The van der Waals surface area contributed by atoms with Crippen LogP contribution >= 0.6 is 0 Å². The summed E-state index contributed by atoms with van der Waals surface area (Å²) >= 11 is 0. The zero-order chi connectivity index (χ0) is 13.6. The van der Waals surface area contributed by atoms with E-state index in [2.05, 4.69) is 5.32 Å². The smallest absolute Gasteiger partial charge is 0.410 e. The molecule has 2 atom stereocenters. The molecule has 0 bridgehead atoms. The van der Waals surface area contributed by atoms with Crippen LogP contribution < -0.4 is 5.32 Å². The Kier molecular flexibility index (Phi) is 3.24. The summed E-state index contributed by atoms with van der Waals surface area (Å²) in [6.07, 6.45) is 2.53. The van der Waals surface area contributed by atoms with Crippen LogP contribution in [0.5, 0.6) is 0 Å². The zero-order valence-corrected chi connectivity index (χ0v) is 12.3. The molecule has 1 saturated carbocycles. The molecule has 1 aliphatic carbocycles. The fourth-order valence-corrected chi connectivity index (χ4v) is 3.98. The number of carbonyl (C=O) groups is 1. The van der Waals surface area contributed by atoms with E-state index < -0.39 is 0 Å². The minimum atomic E-state index is -0.377. The molecule has 3 fully saturated rings. The molecule has 2 unspecified atom stereocenters. The summed E-state index contributed by atoms with van der Waals surface area (Å²) in [6.45, 7) is 9.99. The normalized spacial score (nSPS) is 35.1. The van der Waals surface area contributed by atoms with Gasteiger partial charge >= 0.3 is 6.09 Å². The lowest BCUT2D eigenvalue weighted by molar-refractivity contribution is 0.0258. The maximum Gasteiger partial charge on any atom is 0.410 e. The number of piperidine rings is 2. The first-order valence-electron chi connectivity index (χ1n) is 7.64. The number of likely N-dealkylation sites (tertiary alicyclic amines) is 1. The van der Waals surface area contributed by atoms with E-state index in [-0.39, 0.29) is 11.7 Å². The van der Waals surface area contributed by atoms with Crippen LogP contribution in [0.3, 0.4) is 0 Å². The molecule has 0 aromatic heterocycles. The fraction of sp³-hybridized carbons (Fsp3) is 0.933. The molecule has 3 rings (SSSR count). The van der Waals surface area contributed by atoms with E-state index in [1.54, 1.807) is 0 Å². The van der Waals surface area contributed by atoms with E-state index in [4.69, 9.17) is 4.74 Å². The molecule has 4 heteroatoms. The second-order valence-electron chi connectivity index (χ2n) is 7.38. The Morgan fingerprint density at radius 2 is 1.74 bits per heavy atom. The van der Waals surface area contributed by atoms with Crippen molar-refractivity contribution in [2.45, 2.75) is 39.2 Å². The van der Waals surface area contributed by atoms with Crippen molar-refractivity contribution in [3.63, 3.8) is 0 Å². The van der Waals surface area contributed by atoms with Gasteiger partial charge in [0.2, 0.25) is 0 Å². The second-order valence-corrected chi connectivity index (χ2v) is 7.38. The highest BCUT2D eigenvalue weighted by Gasteiger charge is 2.59. The molecule has 2 aliphatic heterocycles. The molecule has 1 amide bonds. The molecule has 0 aromatic carbocycles. The summed E-state index contributed by atoms with van der Waals surface area (Å²) in [6, 6.07) is 0. The molecule has 2 heterocycles. The molecule has 1 N–H and O–H groups in total. The van der Waals surface area contributed by atoms with E-state index in [0.29, 0.717) is 0 Å². The molecule has 4 nitrogen and oxygen atoms in total. The minimum absolute atomic E-state index is 0.122. The highest BCUT2D eigenvalue weighted by molar-refractivity contribution is 5.69. The van der Waals surface area contributed by atoms with Gasteiger partial charge in [-0.2, -0.15) is 0 Å². The molecule has 0 radical (unpaired) electrons. The Labute approximate surface area is 115 Å². The monoisotopic (exact) mass is 266 g/mol. The Bertz CT molecular complexity index is 346. The van der Waals surface area contributed by atoms with Crippen LogP contribution in [0.15, 0.2) is 0 Å². The Balaban J connectivity index is 1.48. The Morgan fingerprint density at radius 1 is 1.16 bits per heavy atom. The summed E-state index contributed by atoms with van der Waals surface area (Å²) in [5.41, 5.74) is -0.377. The third-order valence-electron chi connectivity index (χ3n) is 4.84. The third-order valence-corrected chi connectivity index (χ3v) is 4.84. The standard InChI is InChI=1S/C15H26N2O2/c1-15(2,3)19-14(18)17-8-11-12(9-17)13(11)10-4-6-16-7-5-10/h10-13,16H,4-9H2,1-3H3. The second kappa shape index (κ2) is 4.65. The van der Waals surface area contributed by atoms with Crippen molar-refractivity contribution in [1.29, 1.82) is 0 Å². The molecular weight excluding hydrogens is 240 g/mol. The fourth-order valence-electron chi connectivity index (χ4n) is 3.98. The Hall–Kier alpha value is -0.770. The average molecular weight is 266 g/mol. The van der Waals surface area contributed by atoms with Crippen LogP contribution in [0.2, 0.25) is 0 Å². The van der Waals surface area contributed by atoms with Gasteiger partial charge in [-0.05, 0) is 70.4 Å². The third kappa shape index (κ3) is 2.73. The predicted octanol–water partition coefficient (Wildman–Crippen LogP) is 2.10. The van der Waals surface area contributed by atoms with Crippen LogP contribution in [0.1, 0.15) is 33.6 Å². The summed E-state index contributed by atoms with van der Waals surface area (Å²) < 4.78 is 5.45. The lowest BCUT2D eigenvalue weighted by atomic mass is 9.90. The SMILES string of the molecule is CC(C)(C)OC(=O)N1CC2C(C1)C2C1CCNCC1. The number of nitrogens with one attached hydrogen (secondary N) is 1. The van der Waals surface area contributed by atoms with Gasteiger partial charge in [0.05, 0.1) is 0 Å². The van der Waals surface area contributed by atoms with Crippen molar-refractivity contribution in [3.8, 4) is 0 Å². The molecule has 0 aromatic rings. The van der Waals surface area contributed by atoms with Crippen molar-refractivity contribution in [3.05, 3.63) is 0 Å². The summed E-state index contributed by atoms with van der Waals surface area (Å²) in [7, 11) is 0. The molecule has 2 saturated heterocycles. The first-order valence-corrected chi connectivity index (χ1v) is 7.64. The van der Waals surface area contributed by atoms with Gasteiger partial charge in [0, 0.05) is 13.1 Å². The molecule has 108 valence electrons. The number of rotatable bonds is 1. The van der Waals surface area contributed by atoms with Crippen LogP contribution in [-0.4, -0.2) is 42.8 Å². The lowest BCUT2D eigenvalue weighted by Gasteiger charge is -2.28. The highest BCUT2D eigenvalue weighted by atomic mass is 16.6. The van der Waals surface area contributed by atoms with E-state index in [0.717, 1.165) is 36.8 Å². The quantitative estimate of drug-likeness (QED) is 0.790. The average Bonchev–Trinajstić information content (AvgIpc) is 2.83. The summed E-state index contributed by atoms with van der Waals surface area (Å²) in [5, 5.41) is 3.43. The van der Waals surface area contributed by atoms with Crippen molar-refractivity contribution in [1.82, 2.24) is 10.2 Å². The maximum absolute atomic E-state index is 12.0. The number of carbonyl (C=O) groups excluding carboxylic acids is 1. The number of nitrogens with zero attached hydrogens (tertiary/aromatic N) is 1. The van der Waals surface area contributed by atoms with Crippen LogP contribution in [-0.2, 0) is 4.74 Å². The van der Waals surface area contributed by atoms with Gasteiger partial charge in [-0.15, -0.1) is 0 Å². The molecule has 3 aliphatic rings. The minimum Gasteiger partial charge on any atom is -0.444 e. The number of amides is 1. The first kappa shape index (κ1) is 13.2. The molecule has 0 spiro atoms. The van der Waals surface area contributed by atoms with Gasteiger partial charge < -0.3 is 15.0 Å². The Morgan fingerprint density at radius 3 is 2.26 bits per heavy atom. The van der Waals surface area contributed by atoms with Gasteiger partial charge in [-0.1, -0.05) is 0 Å². The molecular formula is C15H26N2O2. The van der Waals surface area contributed by atoms with Gasteiger partial charge in [-0.25, -0.2) is 4.79 Å². The number of fused-ring (bicyclic) bond motifs is 1. The highest BCUT2D eigenvalue weighted by Crippen LogP contribution is 2.57. The van der Waals surface area contributed by atoms with Crippen molar-refractivity contribution >= 4 is 6.09 Å². The predicted molar refractivity (Wildman–Crippen MR) is 73.9 cm³/mol. The molecule has 19 heavy (non-hydrogen) atoms. The van der Waals surface area contributed by atoms with E-state index in [9.17, 15) is 4.79 Å². The lowest BCUT2D eigenvalue weighted by Crippen LogP contribution is -2.38. The van der Waals surface area contributed by atoms with Gasteiger partial charge in [0.15, 0.2) is 0 Å². The number of ether oxygens (including phenoxy) is 1. The van der Waals surface area contributed by atoms with Crippen LogP contribution in [0.4, 0.5) is 4.79 Å².